The molecule has 0 aliphatic heterocycles. The van der Waals surface area contributed by atoms with Crippen molar-refractivity contribution in [2.75, 3.05) is 0 Å². The van der Waals surface area contributed by atoms with Crippen LogP contribution in [0, 0.1) is 0 Å². The summed E-state index contributed by atoms with van der Waals surface area (Å²) in [5.74, 6) is -0.862. The van der Waals surface area contributed by atoms with E-state index >= 15 is 0 Å². The Morgan fingerprint density at radius 1 is 0.947 bits per heavy atom. The van der Waals surface area contributed by atoms with Gasteiger partial charge in [0.25, 0.3) is 0 Å². The summed E-state index contributed by atoms with van der Waals surface area (Å²) in [7, 11) is 0. The molecule has 19 heavy (non-hydrogen) atoms. The van der Waals surface area contributed by atoms with E-state index in [1.807, 2.05) is 0 Å². The predicted molar refractivity (Wildman–Crippen MR) is 71.4 cm³/mol. The summed E-state index contributed by atoms with van der Waals surface area (Å²) in [5.41, 5.74) is 0.527. The van der Waals surface area contributed by atoms with E-state index in [1.54, 1.807) is 30.3 Å². The molecule has 0 saturated carbocycles. The van der Waals surface area contributed by atoms with E-state index in [4.69, 9.17) is 5.11 Å². The van der Waals surface area contributed by atoms with Crippen molar-refractivity contribution in [1.82, 2.24) is 0 Å². The summed E-state index contributed by atoms with van der Waals surface area (Å²) in [6.45, 7) is 0. The zero-order valence-electron chi connectivity index (χ0n) is 10.3. The first-order valence-corrected chi connectivity index (χ1v) is 6.05. The number of aromatic hydroxyl groups is 1. The van der Waals surface area contributed by atoms with E-state index in [-0.39, 0.29) is 24.4 Å². The topological polar surface area (TPSA) is 74.6 Å². The van der Waals surface area contributed by atoms with Crippen LogP contribution in [-0.2, 0) is 4.79 Å². The number of rotatable bonds is 5. The number of ketones is 1. The minimum atomic E-state index is -0.900. The van der Waals surface area contributed by atoms with E-state index in [9.17, 15) is 14.7 Å². The second-order valence-corrected chi connectivity index (χ2v) is 4.35. The van der Waals surface area contributed by atoms with Crippen LogP contribution in [0.1, 0.15) is 29.6 Å². The number of hydrogen-bond acceptors (Lipinski definition) is 3. The smallest absolute Gasteiger partial charge is 0.303 e. The zero-order chi connectivity index (χ0) is 13.8. The zero-order valence-corrected chi connectivity index (χ0v) is 10.3. The molecule has 4 heteroatoms. The summed E-state index contributed by atoms with van der Waals surface area (Å²) < 4.78 is 0. The van der Waals surface area contributed by atoms with E-state index in [1.165, 1.54) is 6.07 Å². The molecule has 0 aliphatic rings. The van der Waals surface area contributed by atoms with Crippen LogP contribution < -0.4 is 0 Å². The molecule has 2 rings (SSSR count). The van der Waals surface area contributed by atoms with Crippen LogP contribution in [0.25, 0.3) is 10.8 Å². The predicted octanol–water partition coefficient (Wildman–Crippen LogP) is 2.98. The van der Waals surface area contributed by atoms with E-state index in [0.717, 1.165) is 0 Å². The molecule has 0 saturated heterocycles. The van der Waals surface area contributed by atoms with Crippen LogP contribution in [0.4, 0.5) is 0 Å². The van der Waals surface area contributed by atoms with E-state index in [2.05, 4.69) is 0 Å². The number of carboxylic acid groups (broad SMARTS) is 1. The highest BCUT2D eigenvalue weighted by atomic mass is 16.4. The lowest BCUT2D eigenvalue weighted by Gasteiger charge is -2.07. The summed E-state index contributed by atoms with van der Waals surface area (Å²) >= 11 is 0. The van der Waals surface area contributed by atoms with Gasteiger partial charge in [-0.2, -0.15) is 0 Å². The summed E-state index contributed by atoms with van der Waals surface area (Å²) in [5, 5.41) is 19.6. The number of hydrogen-bond donors (Lipinski definition) is 2. The van der Waals surface area contributed by atoms with Crippen LogP contribution in [0.15, 0.2) is 36.4 Å². The summed E-state index contributed by atoms with van der Waals surface area (Å²) in [6, 6.07) is 10.2. The number of fused-ring (bicyclic) bond motifs is 1. The lowest BCUT2D eigenvalue weighted by atomic mass is 9.98. The van der Waals surface area contributed by atoms with Crippen LogP contribution in [0.3, 0.4) is 0 Å². The Bertz CT molecular complexity index is 631. The fraction of sp³-hybridized carbons (Fsp3) is 0.200. The number of carboxylic acids is 1. The lowest BCUT2D eigenvalue weighted by Crippen LogP contribution is -2.02. The highest BCUT2D eigenvalue weighted by Gasteiger charge is 2.12. The van der Waals surface area contributed by atoms with Gasteiger partial charge < -0.3 is 10.2 Å². The van der Waals surface area contributed by atoms with E-state index in [0.29, 0.717) is 22.8 Å². The van der Waals surface area contributed by atoms with Crippen LogP contribution >= 0.6 is 0 Å². The lowest BCUT2D eigenvalue weighted by molar-refractivity contribution is -0.137. The fourth-order valence-corrected chi connectivity index (χ4v) is 2.06. The molecule has 0 atom stereocenters. The molecule has 2 N–H and O–H groups in total. The van der Waals surface area contributed by atoms with Gasteiger partial charge in [-0.25, -0.2) is 0 Å². The average Bonchev–Trinajstić information content (AvgIpc) is 2.39. The van der Waals surface area contributed by atoms with Gasteiger partial charge in [0.15, 0.2) is 5.78 Å². The maximum absolute atomic E-state index is 12.1. The molecule has 0 spiro atoms. The third-order valence-corrected chi connectivity index (χ3v) is 3.00. The Morgan fingerprint density at radius 2 is 1.63 bits per heavy atom. The number of aliphatic carboxylic acids is 1. The maximum Gasteiger partial charge on any atom is 0.303 e. The second kappa shape index (κ2) is 5.52. The molecule has 0 bridgehead atoms. The number of phenolic OH excluding ortho intramolecular Hbond substituents is 1. The number of carbonyl (C=O) groups excluding carboxylic acids is 1. The number of carbonyl (C=O) groups is 2. The Kier molecular flexibility index (Phi) is 3.80. The number of benzene rings is 2. The third-order valence-electron chi connectivity index (χ3n) is 3.00. The highest BCUT2D eigenvalue weighted by Crippen LogP contribution is 2.28. The Balaban J connectivity index is 2.27. The van der Waals surface area contributed by atoms with Crippen molar-refractivity contribution in [1.29, 1.82) is 0 Å². The van der Waals surface area contributed by atoms with Gasteiger partial charge in [0.1, 0.15) is 5.75 Å². The molecule has 0 aromatic heterocycles. The largest absolute Gasteiger partial charge is 0.507 e. The molecule has 4 nitrogen and oxygen atoms in total. The van der Waals surface area contributed by atoms with Gasteiger partial charge >= 0.3 is 5.97 Å². The molecule has 0 radical (unpaired) electrons. The molecule has 0 unspecified atom stereocenters. The van der Waals surface area contributed by atoms with Crippen molar-refractivity contribution >= 4 is 22.5 Å². The van der Waals surface area contributed by atoms with Crippen molar-refractivity contribution in [3.05, 3.63) is 42.0 Å². The molecule has 0 amide bonds. The van der Waals surface area contributed by atoms with Crippen LogP contribution in [0.5, 0.6) is 5.75 Å². The van der Waals surface area contributed by atoms with Crippen molar-refractivity contribution in [3.8, 4) is 5.75 Å². The van der Waals surface area contributed by atoms with Gasteiger partial charge in [-0.05, 0) is 23.9 Å². The highest BCUT2D eigenvalue weighted by molar-refractivity contribution is 6.09. The van der Waals surface area contributed by atoms with Crippen molar-refractivity contribution in [2.24, 2.45) is 0 Å². The molecule has 2 aromatic carbocycles. The second-order valence-electron chi connectivity index (χ2n) is 4.35. The minimum Gasteiger partial charge on any atom is -0.507 e. The van der Waals surface area contributed by atoms with Crippen molar-refractivity contribution in [3.63, 3.8) is 0 Å². The molecule has 0 aliphatic carbocycles. The van der Waals surface area contributed by atoms with E-state index < -0.39 is 5.97 Å². The minimum absolute atomic E-state index is 0.0121. The molecule has 98 valence electrons. The van der Waals surface area contributed by atoms with Gasteiger partial charge in [0.05, 0.1) is 0 Å². The normalized spacial score (nSPS) is 10.5. The molecule has 2 aromatic rings. The Hall–Kier alpha value is -2.36. The standard InChI is InChI=1S/C15H14O4/c16-13(6-3-7-15(18)19)12-8-9-14(17)11-5-2-1-4-10(11)12/h1-2,4-5,8-9,17H,3,6-7H2,(H,18,19). The Morgan fingerprint density at radius 3 is 2.32 bits per heavy atom. The summed E-state index contributed by atoms with van der Waals surface area (Å²) in [6.07, 6.45) is 0.506. The first-order chi connectivity index (χ1) is 9.09. The van der Waals surface area contributed by atoms with Gasteiger partial charge in [0.2, 0.25) is 0 Å². The first kappa shape index (κ1) is 13.1. The van der Waals surface area contributed by atoms with Crippen molar-refractivity contribution in [2.45, 2.75) is 19.3 Å². The maximum atomic E-state index is 12.1. The Labute approximate surface area is 110 Å². The fourth-order valence-electron chi connectivity index (χ4n) is 2.06. The monoisotopic (exact) mass is 258 g/mol. The number of phenols is 1. The average molecular weight is 258 g/mol. The number of Topliss-reactive ketones (excluding diaryl/α,β-unsaturated/α-hetero) is 1. The first-order valence-electron chi connectivity index (χ1n) is 6.05. The van der Waals surface area contributed by atoms with Gasteiger partial charge in [-0.15, -0.1) is 0 Å². The summed E-state index contributed by atoms with van der Waals surface area (Å²) in [4.78, 5) is 22.5. The van der Waals surface area contributed by atoms with Gasteiger partial charge in [0, 0.05) is 23.8 Å². The van der Waals surface area contributed by atoms with Gasteiger partial charge in [-0.3, -0.25) is 9.59 Å². The third kappa shape index (κ3) is 2.91. The molecular weight excluding hydrogens is 244 g/mol. The SMILES string of the molecule is O=C(O)CCCC(=O)c1ccc(O)c2ccccc12. The quantitative estimate of drug-likeness (QED) is 0.808. The van der Waals surface area contributed by atoms with Gasteiger partial charge in [-0.1, -0.05) is 24.3 Å². The van der Waals surface area contributed by atoms with Crippen LogP contribution in [-0.4, -0.2) is 22.0 Å². The molecule has 0 heterocycles. The van der Waals surface area contributed by atoms with Crippen molar-refractivity contribution < 1.29 is 19.8 Å². The molecular formula is C15H14O4. The van der Waals surface area contributed by atoms with Crippen LogP contribution in [0.2, 0.25) is 0 Å². The molecule has 0 fully saturated rings.